The maximum Gasteiger partial charge on any atom is 0.419 e. The van der Waals surface area contributed by atoms with Crippen LogP contribution in [0.3, 0.4) is 0 Å². The van der Waals surface area contributed by atoms with Crippen LogP contribution in [0.15, 0.2) is 94.6 Å². The van der Waals surface area contributed by atoms with Gasteiger partial charge in [0.1, 0.15) is 5.69 Å². The Labute approximate surface area is 223 Å². The van der Waals surface area contributed by atoms with Crippen molar-refractivity contribution in [1.82, 2.24) is 24.3 Å². The fraction of sp³-hybridized carbons (Fsp3) is 0.0385. The van der Waals surface area contributed by atoms with Gasteiger partial charge >= 0.3 is 12.1 Å². The zero-order chi connectivity index (χ0) is 26.1. The number of carbonyl (C=O) groups excluding carboxylic acids is 1. The number of nitrogens with one attached hydrogen (secondary N) is 1. The molecule has 1 amide bonds. The van der Waals surface area contributed by atoms with Crippen LogP contribution in [0.25, 0.3) is 27.4 Å². The normalized spacial score (nSPS) is 11.1. The number of hydrogen-bond acceptors (Lipinski definition) is 8. The Bertz CT molecular complexity index is 1820. The highest BCUT2D eigenvalue weighted by molar-refractivity contribution is 7.19. The summed E-state index contributed by atoms with van der Waals surface area (Å²) in [5, 5.41) is 6.85. The Morgan fingerprint density at radius 2 is 1.95 bits per heavy atom. The van der Waals surface area contributed by atoms with Gasteiger partial charge in [0.2, 0.25) is 0 Å². The predicted molar refractivity (Wildman–Crippen MR) is 143 cm³/mol. The molecule has 0 bridgehead atoms. The molecule has 6 rings (SSSR count). The first kappa shape index (κ1) is 23.6. The first-order chi connectivity index (χ1) is 18.5. The predicted octanol–water partition coefficient (Wildman–Crippen LogP) is 5.61. The van der Waals surface area contributed by atoms with Crippen LogP contribution in [0.5, 0.6) is 6.01 Å². The fourth-order valence-electron chi connectivity index (χ4n) is 3.89. The van der Waals surface area contributed by atoms with E-state index in [0.29, 0.717) is 32.7 Å². The number of imidazole rings is 1. The summed E-state index contributed by atoms with van der Waals surface area (Å²) in [7, 11) is 0. The number of hydrogen-bond donors (Lipinski definition) is 1. The number of anilines is 1. The largest absolute Gasteiger partial charge is 0.419 e. The van der Waals surface area contributed by atoms with Crippen molar-refractivity contribution in [3.63, 3.8) is 0 Å². The summed E-state index contributed by atoms with van der Waals surface area (Å²) in [4.78, 5) is 33.9. The van der Waals surface area contributed by atoms with Gasteiger partial charge in [0.05, 0.1) is 33.0 Å². The topological polar surface area (TPSA) is 117 Å². The average Bonchev–Trinajstić information content (AvgIpc) is 3.64. The summed E-state index contributed by atoms with van der Waals surface area (Å²) in [6.07, 6.45) is 3.60. The molecule has 2 aromatic carbocycles. The summed E-state index contributed by atoms with van der Waals surface area (Å²) < 4.78 is 14.9. The molecule has 4 aromatic heterocycles. The van der Waals surface area contributed by atoms with E-state index < -0.39 is 6.09 Å². The average molecular weight is 545 g/mol. The van der Waals surface area contributed by atoms with Gasteiger partial charge in [0.25, 0.3) is 5.56 Å². The van der Waals surface area contributed by atoms with Crippen LogP contribution in [0.1, 0.15) is 5.69 Å². The lowest BCUT2D eigenvalue weighted by molar-refractivity contribution is 0.209. The SMILES string of the molecule is O=C(Nc1ccc(-n2ccncc2=O)cc1)Oc1nc2ccccc2n1Cc1cc(-c2ccc(Cl)s2)on1. The molecule has 0 aliphatic carbocycles. The minimum Gasteiger partial charge on any atom is -0.375 e. The second-order valence-electron chi connectivity index (χ2n) is 8.10. The molecular weight excluding hydrogens is 528 g/mol. The van der Waals surface area contributed by atoms with Gasteiger partial charge in [-0.05, 0) is 48.5 Å². The van der Waals surface area contributed by atoms with Crippen LogP contribution in [0, 0.1) is 0 Å². The molecule has 0 radical (unpaired) electrons. The molecule has 0 spiro atoms. The molecule has 0 aliphatic rings. The van der Waals surface area contributed by atoms with Crippen molar-refractivity contribution in [3.05, 3.63) is 106 Å². The number of ether oxygens (including phenoxy) is 1. The molecule has 4 heterocycles. The zero-order valence-corrected chi connectivity index (χ0v) is 21.0. The Hall–Kier alpha value is -4.74. The van der Waals surface area contributed by atoms with Crippen LogP contribution < -0.4 is 15.6 Å². The quantitative estimate of drug-likeness (QED) is 0.289. The van der Waals surface area contributed by atoms with E-state index in [4.69, 9.17) is 20.9 Å². The van der Waals surface area contributed by atoms with Gasteiger partial charge in [0.15, 0.2) is 5.76 Å². The third kappa shape index (κ3) is 4.80. The number of para-hydroxylation sites is 2. The fourth-order valence-corrected chi connectivity index (χ4v) is 4.88. The van der Waals surface area contributed by atoms with Crippen molar-refractivity contribution in [2.24, 2.45) is 0 Å². The number of rotatable bonds is 6. The van der Waals surface area contributed by atoms with Gasteiger partial charge in [0, 0.05) is 29.8 Å². The third-order valence-electron chi connectivity index (χ3n) is 5.61. The van der Waals surface area contributed by atoms with Crippen LogP contribution in [0.4, 0.5) is 10.5 Å². The number of carbonyl (C=O) groups is 1. The smallest absolute Gasteiger partial charge is 0.375 e. The van der Waals surface area contributed by atoms with Gasteiger partial charge in [-0.2, -0.15) is 4.98 Å². The first-order valence-corrected chi connectivity index (χ1v) is 12.5. The molecule has 0 aliphatic heterocycles. The standard InChI is InChI=1S/C26H17ClN6O4S/c27-23-10-9-22(38-23)21-13-17(31-37-21)15-33-20-4-2-1-3-19(20)30-25(33)36-26(35)29-16-5-7-18(8-6-16)32-12-11-28-14-24(32)34/h1-14H,15H2,(H,29,35). The molecule has 1 N–H and O–H groups in total. The first-order valence-electron chi connectivity index (χ1n) is 11.3. The molecule has 0 fully saturated rings. The second-order valence-corrected chi connectivity index (χ2v) is 9.82. The number of aromatic nitrogens is 5. The minimum atomic E-state index is -0.718. The molecule has 12 heteroatoms. The van der Waals surface area contributed by atoms with E-state index >= 15 is 0 Å². The number of nitrogens with zero attached hydrogens (tertiary/aromatic N) is 5. The number of thiophene rings is 1. The maximum atomic E-state index is 12.8. The Morgan fingerprint density at radius 1 is 1.11 bits per heavy atom. The highest BCUT2D eigenvalue weighted by Crippen LogP contribution is 2.32. The molecule has 10 nitrogen and oxygen atoms in total. The van der Waals surface area contributed by atoms with Crippen LogP contribution in [-0.2, 0) is 6.54 Å². The number of benzene rings is 2. The van der Waals surface area contributed by atoms with Crippen LogP contribution >= 0.6 is 22.9 Å². The van der Waals surface area contributed by atoms with Gasteiger partial charge < -0.3 is 9.26 Å². The molecule has 0 saturated heterocycles. The third-order valence-corrected chi connectivity index (χ3v) is 6.86. The molecule has 0 atom stereocenters. The van der Waals surface area contributed by atoms with E-state index in [2.05, 4.69) is 20.4 Å². The lowest BCUT2D eigenvalue weighted by Crippen LogP contribution is -2.19. The molecule has 0 saturated carbocycles. The van der Waals surface area contributed by atoms with Crippen molar-refractivity contribution in [3.8, 4) is 22.3 Å². The van der Waals surface area contributed by atoms with Crippen molar-refractivity contribution in [2.45, 2.75) is 6.54 Å². The number of amides is 1. The van der Waals surface area contributed by atoms with Crippen molar-refractivity contribution in [1.29, 1.82) is 0 Å². The number of halogens is 1. The molecule has 188 valence electrons. The zero-order valence-electron chi connectivity index (χ0n) is 19.4. The van der Waals surface area contributed by atoms with Gasteiger partial charge in [-0.15, -0.1) is 11.3 Å². The summed E-state index contributed by atoms with van der Waals surface area (Å²) >= 11 is 7.43. The van der Waals surface area contributed by atoms with Crippen molar-refractivity contribution < 1.29 is 14.1 Å². The van der Waals surface area contributed by atoms with Crippen molar-refractivity contribution >= 4 is 45.8 Å². The van der Waals surface area contributed by atoms with E-state index in [-0.39, 0.29) is 18.1 Å². The van der Waals surface area contributed by atoms with Gasteiger partial charge in [-0.1, -0.05) is 28.9 Å². The maximum absolute atomic E-state index is 12.8. The lowest BCUT2D eigenvalue weighted by Gasteiger charge is -2.09. The summed E-state index contributed by atoms with van der Waals surface area (Å²) in [6.45, 7) is 0.265. The number of fused-ring (bicyclic) bond motifs is 1. The monoisotopic (exact) mass is 544 g/mol. The second kappa shape index (κ2) is 9.96. The highest BCUT2D eigenvalue weighted by Gasteiger charge is 2.18. The lowest BCUT2D eigenvalue weighted by atomic mass is 10.3. The van der Waals surface area contributed by atoms with E-state index in [1.54, 1.807) is 41.1 Å². The van der Waals surface area contributed by atoms with E-state index in [0.717, 1.165) is 10.4 Å². The summed E-state index contributed by atoms with van der Waals surface area (Å²) in [5.41, 5.74) is 2.92. The molecule has 6 aromatic rings. The Kier molecular flexibility index (Phi) is 6.20. The molecule has 38 heavy (non-hydrogen) atoms. The van der Waals surface area contributed by atoms with Crippen LogP contribution in [0.2, 0.25) is 4.34 Å². The van der Waals surface area contributed by atoms with E-state index in [1.165, 1.54) is 28.3 Å². The van der Waals surface area contributed by atoms with E-state index in [9.17, 15) is 9.59 Å². The summed E-state index contributed by atoms with van der Waals surface area (Å²) in [6, 6.07) is 19.8. The van der Waals surface area contributed by atoms with Gasteiger partial charge in [-0.3, -0.25) is 24.2 Å². The Morgan fingerprint density at radius 3 is 2.74 bits per heavy atom. The molecule has 0 unspecified atom stereocenters. The van der Waals surface area contributed by atoms with Crippen molar-refractivity contribution in [2.75, 3.05) is 5.32 Å². The molecular formula is C26H17ClN6O4S. The van der Waals surface area contributed by atoms with E-state index in [1.807, 2.05) is 36.4 Å². The summed E-state index contributed by atoms with van der Waals surface area (Å²) in [5.74, 6) is 0.596. The Balaban J connectivity index is 1.21. The minimum absolute atomic E-state index is 0.104. The highest BCUT2D eigenvalue weighted by atomic mass is 35.5. The van der Waals surface area contributed by atoms with Crippen LogP contribution in [-0.4, -0.2) is 30.4 Å². The van der Waals surface area contributed by atoms with Gasteiger partial charge in [-0.25, -0.2) is 4.79 Å².